The van der Waals surface area contributed by atoms with Gasteiger partial charge in [0.05, 0.1) is 11.0 Å². The number of anilines is 1. The number of imidazole rings is 1. The van der Waals surface area contributed by atoms with Gasteiger partial charge in [-0.3, -0.25) is 9.69 Å². The van der Waals surface area contributed by atoms with Gasteiger partial charge in [-0.1, -0.05) is 18.2 Å². The van der Waals surface area contributed by atoms with Crippen LogP contribution < -0.4 is 5.32 Å². The third-order valence-corrected chi connectivity index (χ3v) is 5.89. The lowest BCUT2D eigenvalue weighted by molar-refractivity contribution is -0.114. The molecule has 2 aliphatic rings. The molecule has 0 bridgehead atoms. The fraction of sp³-hybridized carbons (Fsp3) is 0.364. The molecule has 138 valence electrons. The van der Waals surface area contributed by atoms with Crippen LogP contribution in [-0.2, 0) is 17.8 Å². The van der Waals surface area contributed by atoms with Gasteiger partial charge >= 0.3 is 0 Å². The van der Waals surface area contributed by atoms with E-state index in [4.69, 9.17) is 4.98 Å². The highest BCUT2D eigenvalue weighted by Gasteiger charge is 2.29. The fourth-order valence-corrected chi connectivity index (χ4v) is 4.57. The molecule has 5 heteroatoms. The molecular weight excluding hydrogens is 336 g/mol. The van der Waals surface area contributed by atoms with Crippen LogP contribution in [0.1, 0.15) is 25.6 Å². The molecule has 5 nitrogen and oxygen atoms in total. The highest BCUT2D eigenvalue weighted by molar-refractivity contribution is 5.89. The minimum atomic E-state index is -0.0514. The maximum atomic E-state index is 11.2. The SMILES string of the molecule is CC(=O)Nc1ccc(-c2ccc3c(c2)nc2n3CCN3CCCC3C2)cc1. The Bertz CT molecular complexity index is 1010. The zero-order chi connectivity index (χ0) is 18.4. The summed E-state index contributed by atoms with van der Waals surface area (Å²) in [4.78, 5) is 18.8. The van der Waals surface area contributed by atoms with E-state index in [0.717, 1.165) is 41.8 Å². The first-order valence-electron chi connectivity index (χ1n) is 9.78. The van der Waals surface area contributed by atoms with Gasteiger partial charge in [0.15, 0.2) is 0 Å². The summed E-state index contributed by atoms with van der Waals surface area (Å²) >= 11 is 0. The summed E-state index contributed by atoms with van der Waals surface area (Å²) in [6.45, 7) is 4.93. The van der Waals surface area contributed by atoms with E-state index in [1.165, 1.54) is 37.7 Å². The van der Waals surface area contributed by atoms with Crippen LogP contribution >= 0.6 is 0 Å². The second kappa shape index (κ2) is 6.50. The number of nitrogens with zero attached hydrogens (tertiary/aromatic N) is 3. The summed E-state index contributed by atoms with van der Waals surface area (Å²) in [5.74, 6) is 1.18. The van der Waals surface area contributed by atoms with Crippen molar-refractivity contribution in [1.82, 2.24) is 14.5 Å². The quantitative estimate of drug-likeness (QED) is 0.758. The largest absolute Gasteiger partial charge is 0.327 e. The van der Waals surface area contributed by atoms with Crippen LogP contribution in [0, 0.1) is 0 Å². The van der Waals surface area contributed by atoms with Gasteiger partial charge in [-0.15, -0.1) is 0 Å². The maximum Gasteiger partial charge on any atom is 0.221 e. The van der Waals surface area contributed by atoms with Crippen LogP contribution in [0.2, 0.25) is 0 Å². The van der Waals surface area contributed by atoms with E-state index in [2.05, 4.69) is 33.0 Å². The van der Waals surface area contributed by atoms with E-state index in [1.807, 2.05) is 24.3 Å². The van der Waals surface area contributed by atoms with E-state index in [9.17, 15) is 4.79 Å². The molecule has 27 heavy (non-hydrogen) atoms. The van der Waals surface area contributed by atoms with Crippen molar-refractivity contribution < 1.29 is 4.79 Å². The van der Waals surface area contributed by atoms with Crippen molar-refractivity contribution in [2.24, 2.45) is 0 Å². The monoisotopic (exact) mass is 360 g/mol. The van der Waals surface area contributed by atoms with E-state index < -0.39 is 0 Å². The molecule has 1 N–H and O–H groups in total. The van der Waals surface area contributed by atoms with Crippen molar-refractivity contribution in [3.8, 4) is 11.1 Å². The molecule has 1 fully saturated rings. The van der Waals surface area contributed by atoms with Gasteiger partial charge in [0.2, 0.25) is 5.91 Å². The molecule has 1 amide bonds. The Morgan fingerprint density at radius 2 is 1.89 bits per heavy atom. The van der Waals surface area contributed by atoms with Gasteiger partial charge in [0, 0.05) is 38.2 Å². The van der Waals surface area contributed by atoms with Gasteiger partial charge in [0.25, 0.3) is 0 Å². The van der Waals surface area contributed by atoms with E-state index >= 15 is 0 Å². The number of amides is 1. The minimum absolute atomic E-state index is 0.0514. The summed E-state index contributed by atoms with van der Waals surface area (Å²) in [7, 11) is 0. The molecule has 3 aromatic rings. The van der Waals surface area contributed by atoms with Crippen LogP contribution in [0.25, 0.3) is 22.2 Å². The number of benzene rings is 2. The van der Waals surface area contributed by atoms with Crippen molar-refractivity contribution in [3.63, 3.8) is 0 Å². The summed E-state index contributed by atoms with van der Waals surface area (Å²) in [6.07, 6.45) is 3.69. The molecule has 1 saturated heterocycles. The van der Waals surface area contributed by atoms with Crippen LogP contribution in [-0.4, -0.2) is 39.5 Å². The van der Waals surface area contributed by atoms with Crippen LogP contribution in [0.5, 0.6) is 0 Å². The molecule has 2 aliphatic heterocycles. The highest BCUT2D eigenvalue weighted by Crippen LogP contribution is 2.29. The molecular formula is C22H24N4O. The van der Waals surface area contributed by atoms with Crippen LogP contribution in [0.4, 0.5) is 5.69 Å². The Kier molecular flexibility index (Phi) is 3.97. The Balaban J connectivity index is 1.47. The number of hydrogen-bond donors (Lipinski definition) is 1. The molecule has 1 atom stereocenters. The molecule has 0 aliphatic carbocycles. The summed E-state index contributed by atoms with van der Waals surface area (Å²) in [5.41, 5.74) is 5.44. The third kappa shape index (κ3) is 3.02. The first kappa shape index (κ1) is 16.5. The zero-order valence-electron chi connectivity index (χ0n) is 15.6. The van der Waals surface area contributed by atoms with E-state index in [-0.39, 0.29) is 5.91 Å². The molecule has 3 heterocycles. The highest BCUT2D eigenvalue weighted by atomic mass is 16.1. The summed E-state index contributed by atoms with van der Waals surface area (Å²) < 4.78 is 2.41. The Morgan fingerprint density at radius 1 is 1.07 bits per heavy atom. The van der Waals surface area contributed by atoms with Gasteiger partial charge in [0.1, 0.15) is 5.82 Å². The van der Waals surface area contributed by atoms with Crippen molar-refractivity contribution in [2.75, 3.05) is 18.4 Å². The van der Waals surface area contributed by atoms with Crippen molar-refractivity contribution in [2.45, 2.75) is 38.8 Å². The number of fused-ring (bicyclic) bond motifs is 4. The predicted octanol–water partition coefficient (Wildman–Crippen LogP) is 3.68. The number of hydrogen-bond acceptors (Lipinski definition) is 3. The molecule has 2 aromatic carbocycles. The topological polar surface area (TPSA) is 50.2 Å². The second-order valence-corrected chi connectivity index (χ2v) is 7.68. The van der Waals surface area contributed by atoms with Gasteiger partial charge in [-0.25, -0.2) is 4.98 Å². The normalized spacial score (nSPS) is 19.5. The number of carbonyl (C=O) groups is 1. The molecule has 1 unspecified atom stereocenters. The van der Waals surface area contributed by atoms with Crippen LogP contribution in [0.3, 0.4) is 0 Å². The number of nitrogens with one attached hydrogen (secondary N) is 1. The summed E-state index contributed by atoms with van der Waals surface area (Å²) in [5, 5.41) is 2.81. The van der Waals surface area contributed by atoms with E-state index in [1.54, 1.807) is 0 Å². The third-order valence-electron chi connectivity index (χ3n) is 5.89. The summed E-state index contributed by atoms with van der Waals surface area (Å²) in [6, 6.07) is 15.2. The second-order valence-electron chi connectivity index (χ2n) is 7.68. The molecule has 0 radical (unpaired) electrons. The average molecular weight is 360 g/mol. The molecule has 5 rings (SSSR count). The van der Waals surface area contributed by atoms with E-state index in [0.29, 0.717) is 6.04 Å². The fourth-order valence-electron chi connectivity index (χ4n) is 4.57. The first-order valence-corrected chi connectivity index (χ1v) is 9.78. The Labute approximate surface area is 159 Å². The average Bonchev–Trinajstić information content (AvgIpc) is 3.20. The Hall–Kier alpha value is -2.66. The Morgan fingerprint density at radius 3 is 2.70 bits per heavy atom. The van der Waals surface area contributed by atoms with Crippen LogP contribution in [0.15, 0.2) is 42.5 Å². The van der Waals surface area contributed by atoms with Gasteiger partial charge < -0.3 is 9.88 Å². The minimum Gasteiger partial charge on any atom is -0.327 e. The van der Waals surface area contributed by atoms with Gasteiger partial charge in [-0.2, -0.15) is 0 Å². The lowest BCUT2D eigenvalue weighted by Crippen LogP contribution is -2.30. The standard InChI is InChI=1S/C22H24N4O/c1-15(27)23-18-7-4-16(5-8-18)17-6-9-21-20(13-17)24-22-14-19-3-2-10-25(19)11-12-26(21)22/h4-9,13,19H,2-3,10-12,14H2,1H3,(H,23,27). The lowest BCUT2D eigenvalue weighted by Gasteiger charge is -2.20. The van der Waals surface area contributed by atoms with Crippen molar-refractivity contribution in [1.29, 1.82) is 0 Å². The van der Waals surface area contributed by atoms with Gasteiger partial charge in [-0.05, 0) is 54.8 Å². The number of rotatable bonds is 2. The smallest absolute Gasteiger partial charge is 0.221 e. The molecule has 0 saturated carbocycles. The predicted molar refractivity (Wildman–Crippen MR) is 108 cm³/mol. The molecule has 0 spiro atoms. The first-order chi connectivity index (χ1) is 13.2. The number of carbonyl (C=O) groups excluding carboxylic acids is 1. The molecule has 1 aromatic heterocycles. The maximum absolute atomic E-state index is 11.2. The number of aromatic nitrogens is 2. The zero-order valence-corrected chi connectivity index (χ0v) is 15.6. The van der Waals surface area contributed by atoms with Crippen molar-refractivity contribution >= 4 is 22.6 Å². The van der Waals surface area contributed by atoms with Crippen molar-refractivity contribution in [3.05, 3.63) is 48.3 Å². The lowest BCUT2D eigenvalue weighted by atomic mass is 10.0.